The molecular weight excluding hydrogens is 825 g/mol. The lowest BCUT2D eigenvalue weighted by molar-refractivity contribution is 0.428. The fourth-order valence-electron chi connectivity index (χ4n) is 8.55. The summed E-state index contributed by atoms with van der Waals surface area (Å²) in [5.74, 6) is 2.89. The number of nitrogens with zero attached hydrogens (tertiary/aromatic N) is 7. The number of H-pyrrole nitrogens is 1. The second kappa shape index (κ2) is 14.8. The zero-order valence-electron chi connectivity index (χ0n) is 31.8. The number of rotatable bonds is 6. The highest BCUT2D eigenvalue weighted by Crippen LogP contribution is 2.38. The van der Waals surface area contributed by atoms with Gasteiger partial charge < -0.3 is 4.98 Å². The fourth-order valence-corrected chi connectivity index (χ4v) is 10.9. The minimum absolute atomic E-state index is 0.252. The zero-order valence-corrected chi connectivity index (χ0v) is 35.0. The molecule has 0 saturated heterocycles. The summed E-state index contributed by atoms with van der Waals surface area (Å²) in [5, 5.41) is 0. The number of sulfone groups is 1. The molecule has 2 aromatic carbocycles. The van der Waals surface area contributed by atoms with Gasteiger partial charge in [-0.2, -0.15) is 0 Å². The lowest BCUT2D eigenvalue weighted by Crippen LogP contribution is -2.13. The van der Waals surface area contributed by atoms with Crippen LogP contribution in [0.2, 0.25) is 0 Å². The Morgan fingerprint density at radius 2 is 1.26 bits per heavy atom. The van der Waals surface area contributed by atoms with Crippen LogP contribution in [0.4, 0.5) is 0 Å². The summed E-state index contributed by atoms with van der Waals surface area (Å²) in [6.07, 6.45) is 20.2. The SMILES string of the molecule is CS(=O)(=O)c1ccc(-c2nc(C3CCCCC3)n3c2cnc2[nH]ccc23)cc1.Cc1ccc(S(=O)(=O)n2ccc3c2ncc2c(Br)nc(C4CCCCC4)n23)cc1. The topological polar surface area (TPSA) is 149 Å². The number of aryl methyl sites for hydroxylation is 1. The van der Waals surface area contributed by atoms with E-state index >= 15 is 0 Å². The van der Waals surface area contributed by atoms with Crippen molar-refractivity contribution in [1.29, 1.82) is 0 Å². The molecule has 6 heterocycles. The van der Waals surface area contributed by atoms with Crippen LogP contribution in [0, 0.1) is 6.92 Å². The first kappa shape index (κ1) is 37.7. The summed E-state index contributed by atoms with van der Waals surface area (Å²) in [6, 6.07) is 17.7. The van der Waals surface area contributed by atoms with Gasteiger partial charge in [0, 0.05) is 36.0 Å². The van der Waals surface area contributed by atoms with E-state index in [-0.39, 0.29) is 4.90 Å². The maximum Gasteiger partial charge on any atom is 0.269 e. The number of fused-ring (bicyclic) bond motifs is 6. The van der Waals surface area contributed by atoms with E-state index in [9.17, 15) is 16.8 Å². The maximum atomic E-state index is 13.2. The van der Waals surface area contributed by atoms with E-state index < -0.39 is 19.9 Å². The van der Waals surface area contributed by atoms with E-state index in [1.165, 1.54) is 48.8 Å². The number of benzene rings is 2. The molecule has 6 aromatic heterocycles. The Morgan fingerprint density at radius 3 is 1.91 bits per heavy atom. The molecule has 0 spiro atoms. The molecule has 57 heavy (non-hydrogen) atoms. The van der Waals surface area contributed by atoms with Gasteiger partial charge in [0.2, 0.25) is 0 Å². The quantitative estimate of drug-likeness (QED) is 0.174. The Hall–Kier alpha value is -4.86. The lowest BCUT2D eigenvalue weighted by atomic mass is 9.89. The van der Waals surface area contributed by atoms with Gasteiger partial charge in [-0.25, -0.2) is 40.7 Å². The molecule has 0 atom stereocenters. The van der Waals surface area contributed by atoms with Gasteiger partial charge in [-0.05, 0) is 84.9 Å². The minimum Gasteiger partial charge on any atom is -0.345 e. The standard InChI is InChI=1S/C21H21BrN4O2S.C21H22N4O2S/c1-14-7-9-16(10-8-14)29(27,28)25-12-11-17-21(25)23-13-18-19(22)24-20(26(17)18)15-5-3-2-4-6-15;1-28(26,27)16-9-7-14(8-10-16)19-18-13-23-20-17(11-12-22-20)25(18)21(24-19)15-5-3-2-4-6-15/h7-13,15H,2-6H2,1H3;7-13,15,22H,2-6H2,1H3. The Morgan fingerprint density at radius 1 is 0.667 bits per heavy atom. The molecular formula is C42H43BrN8O4S2. The molecule has 10 rings (SSSR count). The Balaban J connectivity index is 0.000000148. The molecule has 15 heteroatoms. The van der Waals surface area contributed by atoms with Crippen LogP contribution in [0.25, 0.3) is 44.6 Å². The summed E-state index contributed by atoms with van der Waals surface area (Å²) in [5.41, 5.74) is 7.66. The van der Waals surface area contributed by atoms with Crippen molar-refractivity contribution < 1.29 is 16.8 Å². The third-order valence-electron chi connectivity index (χ3n) is 11.5. The number of imidazole rings is 2. The van der Waals surface area contributed by atoms with Crippen molar-refractivity contribution in [3.8, 4) is 11.3 Å². The molecule has 2 aliphatic rings. The minimum atomic E-state index is -3.73. The summed E-state index contributed by atoms with van der Waals surface area (Å²) >= 11 is 3.56. The average Bonchev–Trinajstić information content (AvgIpc) is 4.03. The molecule has 294 valence electrons. The average molecular weight is 868 g/mol. The van der Waals surface area contributed by atoms with Crippen molar-refractivity contribution in [2.45, 2.75) is 92.8 Å². The monoisotopic (exact) mass is 866 g/mol. The molecule has 8 aromatic rings. The van der Waals surface area contributed by atoms with E-state index in [2.05, 4.69) is 39.7 Å². The zero-order chi connectivity index (χ0) is 39.5. The second-order valence-corrected chi connectivity index (χ2v) is 19.9. The summed E-state index contributed by atoms with van der Waals surface area (Å²) in [7, 11) is -6.95. The number of aromatic nitrogens is 8. The number of hydrogen-bond donors (Lipinski definition) is 1. The van der Waals surface area contributed by atoms with Crippen LogP contribution in [0.15, 0.2) is 99.8 Å². The summed E-state index contributed by atoms with van der Waals surface area (Å²) < 4.78 is 56.4. The Bertz CT molecular complexity index is 2990. The Labute approximate surface area is 339 Å². The first-order valence-electron chi connectivity index (χ1n) is 19.5. The largest absolute Gasteiger partial charge is 0.345 e. The molecule has 2 fully saturated rings. The van der Waals surface area contributed by atoms with Gasteiger partial charge in [0.25, 0.3) is 10.0 Å². The molecule has 0 radical (unpaired) electrons. The van der Waals surface area contributed by atoms with Crippen molar-refractivity contribution >= 4 is 69.2 Å². The van der Waals surface area contributed by atoms with Crippen LogP contribution in [0.1, 0.15) is 93.3 Å². The number of nitrogens with one attached hydrogen (secondary N) is 1. The molecule has 0 amide bonds. The van der Waals surface area contributed by atoms with Gasteiger partial charge in [0.1, 0.15) is 16.3 Å². The highest BCUT2D eigenvalue weighted by Gasteiger charge is 2.27. The van der Waals surface area contributed by atoms with Gasteiger partial charge in [0.05, 0.1) is 49.9 Å². The molecule has 0 unspecified atom stereocenters. The number of aromatic amines is 1. The summed E-state index contributed by atoms with van der Waals surface area (Å²) in [6.45, 7) is 1.93. The first-order valence-corrected chi connectivity index (χ1v) is 23.6. The van der Waals surface area contributed by atoms with Crippen LogP contribution in [0.5, 0.6) is 0 Å². The smallest absolute Gasteiger partial charge is 0.269 e. The normalized spacial score (nSPS) is 16.1. The predicted molar refractivity (Wildman–Crippen MR) is 225 cm³/mol. The molecule has 1 N–H and O–H groups in total. The highest BCUT2D eigenvalue weighted by molar-refractivity contribution is 9.10. The van der Waals surface area contributed by atoms with Gasteiger partial charge in [-0.15, -0.1) is 0 Å². The van der Waals surface area contributed by atoms with Crippen molar-refractivity contribution in [3.05, 3.63) is 107 Å². The third-order valence-corrected chi connectivity index (χ3v) is 14.9. The molecule has 0 aliphatic heterocycles. The van der Waals surface area contributed by atoms with Crippen molar-refractivity contribution in [2.24, 2.45) is 0 Å². The predicted octanol–water partition coefficient (Wildman–Crippen LogP) is 9.37. The van der Waals surface area contributed by atoms with Crippen LogP contribution >= 0.6 is 15.9 Å². The van der Waals surface area contributed by atoms with E-state index in [1.807, 2.05) is 43.6 Å². The maximum absolute atomic E-state index is 13.2. The highest BCUT2D eigenvalue weighted by atomic mass is 79.9. The summed E-state index contributed by atoms with van der Waals surface area (Å²) in [4.78, 5) is 22.7. The van der Waals surface area contributed by atoms with E-state index in [0.717, 1.165) is 86.5 Å². The number of hydrogen-bond acceptors (Lipinski definition) is 8. The van der Waals surface area contributed by atoms with Crippen LogP contribution in [-0.2, 0) is 19.9 Å². The lowest BCUT2D eigenvalue weighted by Gasteiger charge is -2.20. The molecule has 12 nitrogen and oxygen atoms in total. The first-order chi connectivity index (χ1) is 27.5. The number of halogens is 1. The van der Waals surface area contributed by atoms with Gasteiger partial charge in [0.15, 0.2) is 21.1 Å². The van der Waals surface area contributed by atoms with Crippen molar-refractivity contribution in [2.75, 3.05) is 6.26 Å². The van der Waals surface area contributed by atoms with E-state index in [0.29, 0.717) is 22.4 Å². The third kappa shape index (κ3) is 6.86. The van der Waals surface area contributed by atoms with Crippen LogP contribution in [0.3, 0.4) is 0 Å². The van der Waals surface area contributed by atoms with Gasteiger partial charge in [-0.1, -0.05) is 68.4 Å². The van der Waals surface area contributed by atoms with Crippen molar-refractivity contribution in [1.82, 2.24) is 37.7 Å². The van der Waals surface area contributed by atoms with Crippen LogP contribution in [-0.4, -0.2) is 60.8 Å². The molecule has 2 aliphatic carbocycles. The Kier molecular flexibility index (Phi) is 9.80. The van der Waals surface area contributed by atoms with Gasteiger partial charge in [-0.3, -0.25) is 8.80 Å². The van der Waals surface area contributed by atoms with E-state index in [4.69, 9.17) is 9.97 Å². The molecule has 2 saturated carbocycles. The van der Waals surface area contributed by atoms with Crippen LogP contribution < -0.4 is 0 Å². The molecule has 0 bridgehead atoms. The van der Waals surface area contributed by atoms with Crippen molar-refractivity contribution in [3.63, 3.8) is 0 Å². The fraction of sp³-hybridized carbons (Fsp3) is 0.333. The van der Waals surface area contributed by atoms with Gasteiger partial charge >= 0.3 is 0 Å². The second-order valence-electron chi connectivity index (χ2n) is 15.4. The van der Waals surface area contributed by atoms with E-state index in [1.54, 1.807) is 48.8 Å².